The molecule has 0 unspecified atom stereocenters. The Bertz CT molecular complexity index is 848. The molecule has 0 aromatic heterocycles. The van der Waals surface area contributed by atoms with Crippen LogP contribution in [0.5, 0.6) is 5.75 Å². The van der Waals surface area contributed by atoms with E-state index in [1.54, 1.807) is 12.1 Å². The maximum Gasteiger partial charge on any atom is 0.416 e. The summed E-state index contributed by atoms with van der Waals surface area (Å²) in [6, 6.07) is 10.1. The first-order valence-corrected chi connectivity index (χ1v) is 9.91. The molecule has 2 aromatic carbocycles. The first-order valence-electron chi connectivity index (χ1n) is 9.91. The first kappa shape index (κ1) is 22.1. The number of nitrogens with one attached hydrogen (secondary N) is 1. The predicted octanol–water partition coefficient (Wildman–Crippen LogP) is 4.58. The van der Waals surface area contributed by atoms with E-state index in [0.29, 0.717) is 31.8 Å². The average molecular weight is 422 g/mol. The van der Waals surface area contributed by atoms with Crippen molar-refractivity contribution < 1.29 is 27.4 Å². The Labute approximate surface area is 173 Å². The van der Waals surface area contributed by atoms with Gasteiger partial charge >= 0.3 is 6.18 Å². The molecule has 1 fully saturated rings. The van der Waals surface area contributed by atoms with E-state index in [1.807, 2.05) is 19.1 Å². The van der Waals surface area contributed by atoms with Crippen molar-refractivity contribution in [3.8, 4) is 5.75 Å². The van der Waals surface area contributed by atoms with Gasteiger partial charge in [-0.05, 0) is 42.3 Å². The fourth-order valence-electron chi connectivity index (χ4n) is 3.12. The second-order valence-electron chi connectivity index (χ2n) is 7.10. The van der Waals surface area contributed by atoms with Crippen molar-refractivity contribution in [1.29, 1.82) is 0 Å². The Morgan fingerprint density at radius 1 is 1.13 bits per heavy atom. The molecule has 162 valence electrons. The molecule has 0 atom stereocenters. The van der Waals surface area contributed by atoms with Gasteiger partial charge < -0.3 is 14.8 Å². The van der Waals surface area contributed by atoms with Crippen molar-refractivity contribution in [2.24, 2.45) is 0 Å². The van der Waals surface area contributed by atoms with Crippen molar-refractivity contribution >= 4 is 11.6 Å². The van der Waals surface area contributed by atoms with Crippen LogP contribution in [-0.2, 0) is 17.5 Å². The number of carbonyl (C=O) groups is 1. The van der Waals surface area contributed by atoms with Crippen LogP contribution in [0.1, 0.15) is 34.8 Å². The molecule has 1 heterocycles. The van der Waals surface area contributed by atoms with Gasteiger partial charge in [-0.1, -0.05) is 19.1 Å². The van der Waals surface area contributed by atoms with Crippen molar-refractivity contribution in [3.63, 3.8) is 0 Å². The molecule has 8 heteroatoms. The van der Waals surface area contributed by atoms with E-state index < -0.39 is 17.6 Å². The molecule has 30 heavy (non-hydrogen) atoms. The van der Waals surface area contributed by atoms with Gasteiger partial charge in [0.05, 0.1) is 31.1 Å². The summed E-state index contributed by atoms with van der Waals surface area (Å²) in [6.07, 6.45) is -3.82. The number of carbonyl (C=O) groups excluding carboxylic acids is 1. The van der Waals surface area contributed by atoms with Gasteiger partial charge in [-0.15, -0.1) is 0 Å². The Kier molecular flexibility index (Phi) is 7.33. The number of nitrogens with zero attached hydrogens (tertiary/aromatic N) is 1. The molecule has 0 radical (unpaired) electrons. The first-order chi connectivity index (χ1) is 14.4. The van der Waals surface area contributed by atoms with Gasteiger partial charge in [0.2, 0.25) is 0 Å². The fraction of sp³-hybridized carbons (Fsp3) is 0.409. The van der Waals surface area contributed by atoms with E-state index in [0.717, 1.165) is 37.3 Å². The third kappa shape index (κ3) is 5.96. The number of hydrogen-bond donors (Lipinski definition) is 1. The average Bonchev–Trinajstić information content (AvgIpc) is 2.73. The molecule has 1 N–H and O–H groups in total. The molecule has 0 saturated carbocycles. The highest BCUT2D eigenvalue weighted by Gasteiger charge is 2.31. The lowest BCUT2D eigenvalue weighted by molar-refractivity contribution is -0.137. The van der Waals surface area contributed by atoms with Gasteiger partial charge in [-0.2, -0.15) is 13.2 Å². The van der Waals surface area contributed by atoms with Crippen LogP contribution in [0.4, 0.5) is 18.9 Å². The smallest absolute Gasteiger partial charge is 0.416 e. The number of alkyl halides is 3. The molecule has 1 aliphatic heterocycles. The number of benzene rings is 2. The summed E-state index contributed by atoms with van der Waals surface area (Å²) in [5, 5.41) is 2.56. The van der Waals surface area contributed by atoms with Crippen LogP contribution in [0, 0.1) is 0 Å². The van der Waals surface area contributed by atoms with Crippen LogP contribution < -0.4 is 10.1 Å². The lowest BCUT2D eigenvalue weighted by Crippen LogP contribution is -2.35. The minimum Gasteiger partial charge on any atom is -0.491 e. The van der Waals surface area contributed by atoms with E-state index in [4.69, 9.17) is 9.47 Å². The molecule has 1 amide bonds. The van der Waals surface area contributed by atoms with Crippen LogP contribution in [-0.4, -0.2) is 43.7 Å². The molecule has 1 saturated heterocycles. The molecular weight excluding hydrogens is 397 g/mol. The molecular formula is C22H25F3N2O3. The van der Waals surface area contributed by atoms with Gasteiger partial charge in [-0.25, -0.2) is 0 Å². The zero-order valence-electron chi connectivity index (χ0n) is 16.8. The van der Waals surface area contributed by atoms with Crippen molar-refractivity contribution in [3.05, 3.63) is 59.2 Å². The predicted molar refractivity (Wildman–Crippen MR) is 108 cm³/mol. The Morgan fingerprint density at radius 2 is 1.83 bits per heavy atom. The molecule has 0 bridgehead atoms. The van der Waals surface area contributed by atoms with Crippen LogP contribution in [0.15, 0.2) is 42.5 Å². The van der Waals surface area contributed by atoms with Gasteiger partial charge in [0.15, 0.2) is 0 Å². The highest BCUT2D eigenvalue weighted by molar-refractivity contribution is 6.05. The lowest BCUT2D eigenvalue weighted by Gasteiger charge is -2.26. The number of amides is 1. The Balaban J connectivity index is 1.72. The van der Waals surface area contributed by atoms with Crippen molar-refractivity contribution in [2.75, 3.05) is 38.2 Å². The minimum atomic E-state index is -4.51. The summed E-state index contributed by atoms with van der Waals surface area (Å²) in [4.78, 5) is 14.9. The zero-order chi connectivity index (χ0) is 21.6. The Morgan fingerprint density at radius 3 is 2.47 bits per heavy atom. The second kappa shape index (κ2) is 9.95. The topological polar surface area (TPSA) is 50.8 Å². The lowest BCUT2D eigenvalue weighted by atomic mass is 10.1. The van der Waals surface area contributed by atoms with E-state index >= 15 is 0 Å². The van der Waals surface area contributed by atoms with Gasteiger partial charge in [0.1, 0.15) is 5.75 Å². The van der Waals surface area contributed by atoms with E-state index in [9.17, 15) is 18.0 Å². The van der Waals surface area contributed by atoms with Crippen LogP contribution in [0.3, 0.4) is 0 Å². The molecule has 5 nitrogen and oxygen atoms in total. The maximum absolute atomic E-state index is 13.1. The van der Waals surface area contributed by atoms with Crippen LogP contribution >= 0.6 is 0 Å². The minimum absolute atomic E-state index is 0.000619. The SMILES string of the molecule is CCCOc1ccc(C(F)(F)F)cc1NC(=O)c1ccc(CN2CCOCC2)cc1. The van der Waals surface area contributed by atoms with Crippen molar-refractivity contribution in [2.45, 2.75) is 26.1 Å². The summed E-state index contributed by atoms with van der Waals surface area (Å²) in [5.41, 5.74) is 0.572. The largest absolute Gasteiger partial charge is 0.491 e. The Hall–Kier alpha value is -2.58. The molecule has 3 rings (SSSR count). The van der Waals surface area contributed by atoms with Crippen molar-refractivity contribution in [1.82, 2.24) is 4.90 Å². The summed E-state index contributed by atoms with van der Waals surface area (Å²) in [6.45, 7) is 6.12. The highest BCUT2D eigenvalue weighted by atomic mass is 19.4. The second-order valence-corrected chi connectivity index (χ2v) is 7.10. The number of ether oxygens (including phenoxy) is 2. The van der Waals surface area contributed by atoms with E-state index in [1.165, 1.54) is 6.07 Å². The molecule has 0 spiro atoms. The summed E-state index contributed by atoms with van der Waals surface area (Å²) in [7, 11) is 0. The third-order valence-corrected chi connectivity index (χ3v) is 4.74. The highest BCUT2D eigenvalue weighted by Crippen LogP contribution is 2.35. The summed E-state index contributed by atoms with van der Waals surface area (Å²) >= 11 is 0. The number of anilines is 1. The molecule has 0 aliphatic carbocycles. The standard InChI is InChI=1S/C22H25F3N2O3/c1-2-11-30-20-8-7-18(22(23,24)25)14-19(20)26-21(28)17-5-3-16(4-6-17)15-27-9-12-29-13-10-27/h3-8,14H,2,9-13,15H2,1H3,(H,26,28). The van der Waals surface area contributed by atoms with E-state index in [2.05, 4.69) is 10.2 Å². The van der Waals surface area contributed by atoms with E-state index in [-0.39, 0.29) is 11.4 Å². The number of halogens is 3. The molecule has 1 aliphatic rings. The monoisotopic (exact) mass is 422 g/mol. The normalized spacial score (nSPS) is 15.1. The van der Waals surface area contributed by atoms with Crippen LogP contribution in [0.2, 0.25) is 0 Å². The number of rotatable bonds is 7. The van der Waals surface area contributed by atoms with Gasteiger partial charge in [0, 0.05) is 25.2 Å². The maximum atomic E-state index is 13.1. The zero-order valence-corrected chi connectivity index (χ0v) is 16.8. The number of morpholine rings is 1. The quantitative estimate of drug-likeness (QED) is 0.710. The summed E-state index contributed by atoms with van der Waals surface area (Å²) in [5.74, 6) is -0.282. The van der Waals surface area contributed by atoms with Crippen LogP contribution in [0.25, 0.3) is 0 Å². The third-order valence-electron chi connectivity index (χ3n) is 4.74. The van der Waals surface area contributed by atoms with Gasteiger partial charge in [0.25, 0.3) is 5.91 Å². The molecule has 2 aromatic rings. The fourth-order valence-corrected chi connectivity index (χ4v) is 3.12. The number of hydrogen-bond acceptors (Lipinski definition) is 4. The van der Waals surface area contributed by atoms with Gasteiger partial charge in [-0.3, -0.25) is 9.69 Å². The summed E-state index contributed by atoms with van der Waals surface area (Å²) < 4.78 is 50.1.